The topological polar surface area (TPSA) is 44.8 Å². The van der Waals surface area contributed by atoms with E-state index in [0.29, 0.717) is 18.8 Å². The third-order valence-electron chi connectivity index (χ3n) is 4.04. The second-order valence-corrected chi connectivity index (χ2v) is 7.04. The highest BCUT2D eigenvalue weighted by atomic mass is 32.2. The summed E-state index contributed by atoms with van der Waals surface area (Å²) in [5, 5.41) is -0.141. The number of methoxy groups -OCH3 is 1. The lowest BCUT2D eigenvalue weighted by atomic mass is 10.1. The quantitative estimate of drug-likeness (QED) is 0.557. The van der Waals surface area contributed by atoms with E-state index in [9.17, 15) is 4.79 Å². The third-order valence-corrected chi connectivity index (χ3v) is 5.39. The van der Waals surface area contributed by atoms with Crippen molar-refractivity contribution in [1.29, 1.82) is 0 Å². The standard InChI is InChI=1S/C20H22O4S/c1-3-19(20(21)14-5-7-15(22-2)8-6-14)25-16-9-10-17-18(13-16)24-12-4-11-23-17/h5-10,13,19H,3-4,11-12H2,1-2H3. The lowest BCUT2D eigenvalue weighted by Gasteiger charge is -2.15. The Morgan fingerprint density at radius 1 is 1.12 bits per heavy atom. The number of fused-ring (bicyclic) bond motifs is 1. The number of Topliss-reactive ketones (excluding diaryl/α,β-unsaturated/α-hetero) is 1. The van der Waals surface area contributed by atoms with Crippen molar-refractivity contribution >= 4 is 17.5 Å². The van der Waals surface area contributed by atoms with Crippen LogP contribution in [0.2, 0.25) is 0 Å². The van der Waals surface area contributed by atoms with Gasteiger partial charge in [-0.15, -0.1) is 11.8 Å². The van der Waals surface area contributed by atoms with Gasteiger partial charge in [-0.1, -0.05) is 6.92 Å². The van der Waals surface area contributed by atoms with Gasteiger partial charge in [0.1, 0.15) is 5.75 Å². The van der Waals surface area contributed by atoms with E-state index < -0.39 is 0 Å². The number of carbonyl (C=O) groups excluding carboxylic acids is 1. The predicted molar refractivity (Wildman–Crippen MR) is 99.3 cm³/mol. The van der Waals surface area contributed by atoms with Crippen LogP contribution in [0.25, 0.3) is 0 Å². The van der Waals surface area contributed by atoms with Gasteiger partial charge in [-0.2, -0.15) is 0 Å². The van der Waals surface area contributed by atoms with Crippen molar-refractivity contribution < 1.29 is 19.0 Å². The molecule has 5 heteroatoms. The molecule has 0 amide bonds. The fraction of sp³-hybridized carbons (Fsp3) is 0.350. The van der Waals surface area contributed by atoms with E-state index in [1.54, 1.807) is 18.9 Å². The minimum Gasteiger partial charge on any atom is -0.497 e. The number of hydrogen-bond acceptors (Lipinski definition) is 5. The maximum absolute atomic E-state index is 12.8. The van der Waals surface area contributed by atoms with Gasteiger partial charge in [0.15, 0.2) is 17.3 Å². The Morgan fingerprint density at radius 2 is 1.84 bits per heavy atom. The molecule has 1 unspecified atom stereocenters. The minimum absolute atomic E-state index is 0.127. The largest absolute Gasteiger partial charge is 0.497 e. The lowest BCUT2D eigenvalue weighted by Crippen LogP contribution is -2.16. The maximum atomic E-state index is 12.8. The molecule has 0 N–H and O–H groups in total. The molecule has 0 spiro atoms. The minimum atomic E-state index is -0.141. The van der Waals surface area contributed by atoms with Gasteiger partial charge in [0.25, 0.3) is 0 Å². The van der Waals surface area contributed by atoms with Crippen LogP contribution in [0.4, 0.5) is 0 Å². The second kappa shape index (κ2) is 8.30. The summed E-state index contributed by atoms with van der Waals surface area (Å²) in [4.78, 5) is 13.8. The van der Waals surface area contributed by atoms with E-state index in [2.05, 4.69) is 0 Å². The molecule has 2 aromatic rings. The second-order valence-electron chi connectivity index (χ2n) is 5.77. The fourth-order valence-corrected chi connectivity index (χ4v) is 3.70. The van der Waals surface area contributed by atoms with Crippen LogP contribution in [0.5, 0.6) is 17.2 Å². The van der Waals surface area contributed by atoms with E-state index in [0.717, 1.165) is 35.0 Å². The molecule has 1 aliphatic heterocycles. The Bertz CT molecular complexity index is 727. The predicted octanol–water partition coefficient (Wildman–Crippen LogP) is 4.61. The third kappa shape index (κ3) is 4.28. The Kier molecular flexibility index (Phi) is 5.87. The number of ether oxygens (including phenoxy) is 3. The highest BCUT2D eigenvalue weighted by Crippen LogP contribution is 2.36. The van der Waals surface area contributed by atoms with Crippen molar-refractivity contribution in [3.8, 4) is 17.2 Å². The number of thioether (sulfide) groups is 1. The first kappa shape index (κ1) is 17.7. The first-order valence-electron chi connectivity index (χ1n) is 8.46. The summed E-state index contributed by atoms with van der Waals surface area (Å²) in [6.07, 6.45) is 1.63. The molecule has 25 heavy (non-hydrogen) atoms. The first-order chi connectivity index (χ1) is 12.2. The van der Waals surface area contributed by atoms with E-state index in [1.165, 1.54) is 0 Å². The van der Waals surface area contributed by atoms with E-state index in [1.807, 2.05) is 49.4 Å². The van der Waals surface area contributed by atoms with Crippen LogP contribution in [-0.4, -0.2) is 31.4 Å². The molecule has 2 aromatic carbocycles. The Labute approximate surface area is 152 Å². The summed E-state index contributed by atoms with van der Waals surface area (Å²) in [5.74, 6) is 2.41. The Morgan fingerprint density at radius 3 is 2.52 bits per heavy atom. The van der Waals surface area contributed by atoms with Crippen molar-refractivity contribution in [3.63, 3.8) is 0 Å². The first-order valence-corrected chi connectivity index (χ1v) is 9.34. The van der Waals surface area contributed by atoms with Gasteiger partial charge in [-0.25, -0.2) is 0 Å². The molecule has 132 valence electrons. The number of rotatable bonds is 6. The average molecular weight is 358 g/mol. The Balaban J connectivity index is 1.75. The molecule has 1 atom stereocenters. The average Bonchev–Trinajstić information content (AvgIpc) is 2.90. The molecular formula is C20H22O4S. The number of carbonyl (C=O) groups is 1. The highest BCUT2D eigenvalue weighted by Gasteiger charge is 2.21. The molecule has 0 aliphatic carbocycles. The smallest absolute Gasteiger partial charge is 0.176 e. The monoisotopic (exact) mass is 358 g/mol. The van der Waals surface area contributed by atoms with Gasteiger partial charge in [0.05, 0.1) is 25.6 Å². The SMILES string of the molecule is CCC(Sc1ccc2c(c1)OCCCO2)C(=O)c1ccc(OC)cc1. The maximum Gasteiger partial charge on any atom is 0.176 e. The number of ketones is 1. The van der Waals surface area contributed by atoms with Crippen molar-refractivity contribution in [2.45, 2.75) is 29.9 Å². The Hall–Kier alpha value is -2.14. The van der Waals surface area contributed by atoms with Crippen molar-refractivity contribution in [2.24, 2.45) is 0 Å². The molecule has 1 heterocycles. The fourth-order valence-electron chi connectivity index (χ4n) is 2.64. The normalized spacial score (nSPS) is 14.5. The van der Waals surface area contributed by atoms with Crippen molar-refractivity contribution in [2.75, 3.05) is 20.3 Å². The number of hydrogen-bond donors (Lipinski definition) is 0. The molecule has 0 bridgehead atoms. The highest BCUT2D eigenvalue weighted by molar-refractivity contribution is 8.00. The molecule has 0 saturated heterocycles. The van der Waals surface area contributed by atoms with Gasteiger partial charge in [-0.3, -0.25) is 4.79 Å². The number of benzene rings is 2. The van der Waals surface area contributed by atoms with Gasteiger partial charge in [0, 0.05) is 16.9 Å². The van der Waals surface area contributed by atoms with E-state index in [-0.39, 0.29) is 11.0 Å². The van der Waals surface area contributed by atoms with Crippen LogP contribution in [0, 0.1) is 0 Å². The molecule has 4 nitrogen and oxygen atoms in total. The van der Waals surface area contributed by atoms with Gasteiger partial charge in [-0.05, 0) is 48.9 Å². The molecule has 0 aromatic heterocycles. The van der Waals surface area contributed by atoms with Crippen LogP contribution in [-0.2, 0) is 0 Å². The van der Waals surface area contributed by atoms with Crippen molar-refractivity contribution in [3.05, 3.63) is 48.0 Å². The molecular weight excluding hydrogens is 336 g/mol. The van der Waals surface area contributed by atoms with E-state index >= 15 is 0 Å². The van der Waals surface area contributed by atoms with Gasteiger partial charge < -0.3 is 14.2 Å². The lowest BCUT2D eigenvalue weighted by molar-refractivity contribution is 0.0988. The zero-order chi connectivity index (χ0) is 17.6. The molecule has 0 saturated carbocycles. The summed E-state index contributed by atoms with van der Waals surface area (Å²) < 4.78 is 16.6. The van der Waals surface area contributed by atoms with Crippen molar-refractivity contribution in [1.82, 2.24) is 0 Å². The van der Waals surface area contributed by atoms with E-state index in [4.69, 9.17) is 14.2 Å². The molecule has 1 aliphatic rings. The zero-order valence-electron chi connectivity index (χ0n) is 14.5. The van der Waals surface area contributed by atoms with Crippen LogP contribution in [0.15, 0.2) is 47.4 Å². The summed E-state index contributed by atoms with van der Waals surface area (Å²) >= 11 is 1.56. The summed E-state index contributed by atoms with van der Waals surface area (Å²) in [7, 11) is 1.62. The zero-order valence-corrected chi connectivity index (χ0v) is 15.3. The van der Waals surface area contributed by atoms with Crippen LogP contribution < -0.4 is 14.2 Å². The summed E-state index contributed by atoms with van der Waals surface area (Å²) in [6, 6.07) is 13.2. The summed E-state index contributed by atoms with van der Waals surface area (Å²) in [6.45, 7) is 3.36. The molecule has 0 radical (unpaired) electrons. The summed E-state index contributed by atoms with van der Waals surface area (Å²) in [5.41, 5.74) is 0.703. The molecule has 3 rings (SSSR count). The van der Waals surface area contributed by atoms with Crippen LogP contribution >= 0.6 is 11.8 Å². The van der Waals surface area contributed by atoms with Gasteiger partial charge >= 0.3 is 0 Å². The van der Waals surface area contributed by atoms with Crippen LogP contribution in [0.1, 0.15) is 30.1 Å². The molecule has 0 fully saturated rings. The van der Waals surface area contributed by atoms with Crippen LogP contribution in [0.3, 0.4) is 0 Å². The van der Waals surface area contributed by atoms with Gasteiger partial charge in [0.2, 0.25) is 0 Å².